The Morgan fingerprint density at radius 2 is 2.17 bits per heavy atom. The largest absolute Gasteiger partial charge is 0.469 e. The Balaban J connectivity index is 1.97. The topological polar surface area (TPSA) is 49.8 Å². The van der Waals surface area contributed by atoms with Crippen molar-refractivity contribution in [3.8, 4) is 0 Å². The van der Waals surface area contributed by atoms with Crippen molar-refractivity contribution in [1.29, 1.82) is 0 Å². The van der Waals surface area contributed by atoms with E-state index in [1.807, 2.05) is 18.2 Å². The van der Waals surface area contributed by atoms with Gasteiger partial charge in [0.25, 0.3) is 0 Å². The SMILES string of the molecule is COC(=O)[C@H]1CN(Cc2ccccc2)CC[C@@H]1O. The van der Waals surface area contributed by atoms with Crippen LogP contribution in [-0.4, -0.2) is 42.3 Å². The predicted octanol–water partition coefficient (Wildman–Crippen LogP) is 1.04. The Morgan fingerprint density at radius 1 is 1.44 bits per heavy atom. The second-order valence-corrected chi connectivity index (χ2v) is 4.71. The number of methoxy groups -OCH3 is 1. The fourth-order valence-electron chi connectivity index (χ4n) is 2.38. The summed E-state index contributed by atoms with van der Waals surface area (Å²) >= 11 is 0. The van der Waals surface area contributed by atoms with Gasteiger partial charge >= 0.3 is 5.97 Å². The molecule has 1 aromatic carbocycles. The third kappa shape index (κ3) is 3.09. The molecule has 2 rings (SSSR count). The minimum atomic E-state index is -0.579. The van der Waals surface area contributed by atoms with Crippen LogP contribution in [0, 0.1) is 5.92 Å². The number of carbonyl (C=O) groups excluding carboxylic acids is 1. The number of aliphatic hydroxyl groups is 1. The minimum Gasteiger partial charge on any atom is -0.469 e. The van der Waals surface area contributed by atoms with Gasteiger partial charge in [0, 0.05) is 19.6 Å². The van der Waals surface area contributed by atoms with E-state index in [4.69, 9.17) is 4.74 Å². The molecule has 0 saturated carbocycles. The van der Waals surface area contributed by atoms with Crippen LogP contribution in [0.1, 0.15) is 12.0 Å². The fraction of sp³-hybridized carbons (Fsp3) is 0.500. The molecule has 0 unspecified atom stereocenters. The van der Waals surface area contributed by atoms with Gasteiger partial charge in [0.15, 0.2) is 0 Å². The summed E-state index contributed by atoms with van der Waals surface area (Å²) in [4.78, 5) is 13.8. The summed E-state index contributed by atoms with van der Waals surface area (Å²) in [6.07, 6.45) is 0.0385. The highest BCUT2D eigenvalue weighted by Crippen LogP contribution is 2.20. The highest BCUT2D eigenvalue weighted by Gasteiger charge is 2.33. The predicted molar refractivity (Wildman–Crippen MR) is 67.8 cm³/mol. The smallest absolute Gasteiger partial charge is 0.312 e. The molecule has 1 N–H and O–H groups in total. The van der Waals surface area contributed by atoms with Crippen LogP contribution in [0.25, 0.3) is 0 Å². The summed E-state index contributed by atoms with van der Waals surface area (Å²) in [7, 11) is 1.37. The Kier molecular flexibility index (Phi) is 4.33. The number of benzene rings is 1. The van der Waals surface area contributed by atoms with Gasteiger partial charge in [-0.25, -0.2) is 0 Å². The van der Waals surface area contributed by atoms with Crippen LogP contribution >= 0.6 is 0 Å². The maximum atomic E-state index is 11.6. The number of piperidine rings is 1. The molecule has 0 aliphatic carbocycles. The molecule has 1 aromatic rings. The molecule has 1 saturated heterocycles. The molecule has 18 heavy (non-hydrogen) atoms. The van der Waals surface area contributed by atoms with Crippen LogP contribution in [0.15, 0.2) is 30.3 Å². The number of likely N-dealkylation sites (tertiary alicyclic amines) is 1. The Hall–Kier alpha value is -1.39. The molecule has 4 heteroatoms. The first-order valence-electron chi connectivity index (χ1n) is 6.23. The van der Waals surface area contributed by atoms with Gasteiger partial charge in [-0.2, -0.15) is 0 Å². The Morgan fingerprint density at radius 3 is 2.83 bits per heavy atom. The van der Waals surface area contributed by atoms with Crippen molar-refractivity contribution in [2.75, 3.05) is 20.2 Å². The third-order valence-electron chi connectivity index (χ3n) is 3.41. The van der Waals surface area contributed by atoms with E-state index in [2.05, 4.69) is 17.0 Å². The summed E-state index contributed by atoms with van der Waals surface area (Å²) in [5, 5.41) is 9.83. The minimum absolute atomic E-state index is 0.319. The lowest BCUT2D eigenvalue weighted by Gasteiger charge is -2.34. The van der Waals surface area contributed by atoms with E-state index in [-0.39, 0.29) is 5.97 Å². The first-order valence-corrected chi connectivity index (χ1v) is 6.23. The van der Waals surface area contributed by atoms with E-state index in [0.29, 0.717) is 13.0 Å². The number of ether oxygens (including phenoxy) is 1. The molecule has 1 heterocycles. The summed E-state index contributed by atoms with van der Waals surface area (Å²) in [5.41, 5.74) is 1.22. The van der Waals surface area contributed by atoms with Crippen molar-refractivity contribution in [3.63, 3.8) is 0 Å². The first-order chi connectivity index (χ1) is 8.70. The molecule has 0 amide bonds. The van der Waals surface area contributed by atoms with Gasteiger partial charge in [0.1, 0.15) is 0 Å². The van der Waals surface area contributed by atoms with Crippen molar-refractivity contribution >= 4 is 5.97 Å². The highest BCUT2D eigenvalue weighted by molar-refractivity contribution is 5.73. The second-order valence-electron chi connectivity index (χ2n) is 4.71. The van der Waals surface area contributed by atoms with Crippen LogP contribution in [0.2, 0.25) is 0 Å². The van der Waals surface area contributed by atoms with Gasteiger partial charge in [0.2, 0.25) is 0 Å². The average Bonchev–Trinajstić information content (AvgIpc) is 2.41. The first kappa shape index (κ1) is 13.1. The fourth-order valence-corrected chi connectivity index (χ4v) is 2.38. The molecule has 0 radical (unpaired) electrons. The molecule has 0 bridgehead atoms. The van der Waals surface area contributed by atoms with E-state index in [9.17, 15) is 9.90 Å². The van der Waals surface area contributed by atoms with E-state index in [1.165, 1.54) is 12.7 Å². The molecular formula is C14H19NO3. The van der Waals surface area contributed by atoms with Crippen LogP contribution < -0.4 is 0 Å². The van der Waals surface area contributed by atoms with Gasteiger partial charge in [-0.3, -0.25) is 9.69 Å². The molecule has 0 aromatic heterocycles. The van der Waals surface area contributed by atoms with Gasteiger partial charge in [-0.05, 0) is 12.0 Å². The summed E-state index contributed by atoms with van der Waals surface area (Å²) in [5.74, 6) is -0.743. The monoisotopic (exact) mass is 249 g/mol. The number of hydrogen-bond donors (Lipinski definition) is 1. The molecule has 1 aliphatic rings. The number of hydrogen-bond acceptors (Lipinski definition) is 4. The average molecular weight is 249 g/mol. The Labute approximate surface area is 107 Å². The normalized spacial score (nSPS) is 24.8. The molecule has 2 atom stereocenters. The zero-order chi connectivity index (χ0) is 13.0. The summed E-state index contributed by atoms with van der Waals surface area (Å²) in [6.45, 7) is 2.17. The molecule has 98 valence electrons. The number of rotatable bonds is 3. The zero-order valence-electron chi connectivity index (χ0n) is 10.6. The quantitative estimate of drug-likeness (QED) is 0.813. The lowest BCUT2D eigenvalue weighted by Crippen LogP contribution is -2.46. The van der Waals surface area contributed by atoms with E-state index in [0.717, 1.165) is 13.1 Å². The number of esters is 1. The zero-order valence-corrected chi connectivity index (χ0v) is 10.6. The van der Waals surface area contributed by atoms with Gasteiger partial charge in [-0.15, -0.1) is 0 Å². The third-order valence-corrected chi connectivity index (χ3v) is 3.41. The van der Waals surface area contributed by atoms with Crippen LogP contribution in [0.4, 0.5) is 0 Å². The summed E-state index contributed by atoms with van der Waals surface area (Å²) in [6, 6.07) is 10.1. The van der Waals surface area contributed by atoms with Crippen molar-refractivity contribution in [1.82, 2.24) is 4.90 Å². The van der Waals surface area contributed by atoms with E-state index >= 15 is 0 Å². The maximum absolute atomic E-state index is 11.6. The van der Waals surface area contributed by atoms with Crippen LogP contribution in [-0.2, 0) is 16.1 Å². The Bertz CT molecular complexity index is 393. The van der Waals surface area contributed by atoms with Gasteiger partial charge in [0.05, 0.1) is 19.1 Å². The maximum Gasteiger partial charge on any atom is 0.312 e. The second kappa shape index (κ2) is 5.98. The number of nitrogens with zero attached hydrogens (tertiary/aromatic N) is 1. The number of aliphatic hydroxyl groups excluding tert-OH is 1. The highest BCUT2D eigenvalue weighted by atomic mass is 16.5. The lowest BCUT2D eigenvalue weighted by atomic mass is 9.94. The molecule has 0 spiro atoms. The van der Waals surface area contributed by atoms with Crippen molar-refractivity contribution in [3.05, 3.63) is 35.9 Å². The number of carbonyl (C=O) groups is 1. The molecule has 4 nitrogen and oxygen atoms in total. The lowest BCUT2D eigenvalue weighted by molar-refractivity contribution is -0.152. The van der Waals surface area contributed by atoms with Crippen molar-refractivity contribution in [2.45, 2.75) is 19.1 Å². The molecule has 1 aliphatic heterocycles. The standard InChI is InChI=1S/C14H19NO3/c1-18-14(17)12-10-15(8-7-13(12)16)9-11-5-3-2-4-6-11/h2-6,12-13,16H,7-10H2,1H3/t12-,13-/m0/s1. The van der Waals surface area contributed by atoms with Gasteiger partial charge < -0.3 is 9.84 Å². The molecule has 1 fully saturated rings. The van der Waals surface area contributed by atoms with Gasteiger partial charge in [-0.1, -0.05) is 30.3 Å². The molecular weight excluding hydrogens is 230 g/mol. The van der Waals surface area contributed by atoms with Crippen molar-refractivity contribution in [2.24, 2.45) is 5.92 Å². The summed E-state index contributed by atoms with van der Waals surface area (Å²) < 4.78 is 4.73. The van der Waals surface area contributed by atoms with E-state index in [1.54, 1.807) is 0 Å². The van der Waals surface area contributed by atoms with Crippen LogP contribution in [0.3, 0.4) is 0 Å². The van der Waals surface area contributed by atoms with Crippen molar-refractivity contribution < 1.29 is 14.6 Å². The van der Waals surface area contributed by atoms with Crippen LogP contribution in [0.5, 0.6) is 0 Å². The van der Waals surface area contributed by atoms with E-state index < -0.39 is 12.0 Å².